The van der Waals surface area contributed by atoms with E-state index >= 15 is 0 Å². The van der Waals surface area contributed by atoms with Gasteiger partial charge in [-0.1, -0.05) is 13.8 Å². The molecule has 1 fully saturated rings. The van der Waals surface area contributed by atoms with Crippen molar-refractivity contribution in [1.82, 2.24) is 0 Å². The van der Waals surface area contributed by atoms with Crippen molar-refractivity contribution in [2.24, 2.45) is 5.92 Å². The van der Waals surface area contributed by atoms with Gasteiger partial charge in [-0.15, -0.1) is 0 Å². The van der Waals surface area contributed by atoms with Crippen LogP contribution in [-0.4, -0.2) is 17.6 Å². The first kappa shape index (κ1) is 14.6. The van der Waals surface area contributed by atoms with Gasteiger partial charge < -0.3 is 10.1 Å². The Morgan fingerprint density at radius 1 is 1.40 bits per heavy atom. The molecule has 2 unspecified atom stereocenters. The molecule has 0 amide bonds. The minimum absolute atomic E-state index is 0.0761. The van der Waals surface area contributed by atoms with Gasteiger partial charge in [0.1, 0.15) is 5.75 Å². The van der Waals surface area contributed by atoms with Gasteiger partial charge in [-0.05, 0) is 31.6 Å². The Hall–Kier alpha value is -1.78. The first-order chi connectivity index (χ1) is 9.58. The first-order valence-electron chi connectivity index (χ1n) is 7.27. The molecule has 20 heavy (non-hydrogen) atoms. The summed E-state index contributed by atoms with van der Waals surface area (Å²) in [4.78, 5) is 10.6. The van der Waals surface area contributed by atoms with Gasteiger partial charge in [-0.3, -0.25) is 10.1 Å². The van der Waals surface area contributed by atoms with Gasteiger partial charge in [0.05, 0.1) is 17.6 Å². The smallest absolute Gasteiger partial charge is 0.275 e. The molecule has 0 radical (unpaired) electrons. The highest BCUT2D eigenvalue weighted by atomic mass is 16.6. The fourth-order valence-corrected chi connectivity index (χ4v) is 2.65. The van der Waals surface area contributed by atoms with Crippen molar-refractivity contribution in [3.05, 3.63) is 28.3 Å². The Kier molecular flexibility index (Phi) is 4.82. The lowest BCUT2D eigenvalue weighted by Crippen LogP contribution is -2.15. The van der Waals surface area contributed by atoms with E-state index in [0.717, 1.165) is 30.9 Å². The first-order valence-corrected chi connectivity index (χ1v) is 7.27. The monoisotopic (exact) mass is 278 g/mol. The number of rotatable bonds is 6. The maximum Gasteiger partial charge on any atom is 0.275 e. The van der Waals surface area contributed by atoms with Gasteiger partial charge in [0.15, 0.2) is 0 Å². The SMILES string of the molecule is CCCOc1cc(NC2CCC(C)C2)cc([N+](=O)[O-])c1. The minimum Gasteiger partial charge on any atom is -0.493 e. The number of nitro benzene ring substituents is 1. The predicted octanol–water partition coefficient (Wildman–Crippen LogP) is 3.98. The summed E-state index contributed by atoms with van der Waals surface area (Å²) in [5, 5.41) is 14.4. The molecular formula is C15H22N2O3. The van der Waals surface area contributed by atoms with E-state index in [0.29, 0.717) is 18.4 Å². The number of nitro groups is 1. The molecule has 1 aliphatic rings. The Labute approximate surface area is 119 Å². The highest BCUT2D eigenvalue weighted by Gasteiger charge is 2.22. The molecule has 110 valence electrons. The molecule has 0 aliphatic heterocycles. The van der Waals surface area contributed by atoms with Crippen LogP contribution in [-0.2, 0) is 0 Å². The summed E-state index contributed by atoms with van der Waals surface area (Å²) in [5.41, 5.74) is 0.858. The van der Waals surface area contributed by atoms with Gasteiger partial charge in [0.2, 0.25) is 0 Å². The maximum absolute atomic E-state index is 11.0. The van der Waals surface area contributed by atoms with Crippen LogP contribution in [0.15, 0.2) is 18.2 Å². The summed E-state index contributed by atoms with van der Waals surface area (Å²) in [5.74, 6) is 1.29. The normalized spacial score (nSPS) is 21.7. The predicted molar refractivity (Wildman–Crippen MR) is 79.3 cm³/mol. The average molecular weight is 278 g/mol. The van der Waals surface area contributed by atoms with Crippen LogP contribution in [0.4, 0.5) is 11.4 Å². The van der Waals surface area contributed by atoms with Crippen molar-refractivity contribution in [3.63, 3.8) is 0 Å². The van der Waals surface area contributed by atoms with Gasteiger partial charge in [0, 0.05) is 23.9 Å². The van der Waals surface area contributed by atoms with E-state index in [1.54, 1.807) is 6.07 Å². The Morgan fingerprint density at radius 2 is 2.20 bits per heavy atom. The standard InChI is InChI=1S/C15H22N2O3/c1-3-6-20-15-9-13(8-14(10-15)17(18)19)16-12-5-4-11(2)7-12/h8-12,16H,3-7H2,1-2H3. The molecule has 1 saturated carbocycles. The molecule has 1 aromatic carbocycles. The van der Waals surface area contributed by atoms with Crippen molar-refractivity contribution < 1.29 is 9.66 Å². The minimum atomic E-state index is -0.374. The summed E-state index contributed by atoms with van der Waals surface area (Å²) in [7, 11) is 0. The van der Waals surface area contributed by atoms with Crippen molar-refractivity contribution in [1.29, 1.82) is 0 Å². The van der Waals surface area contributed by atoms with Crippen molar-refractivity contribution in [3.8, 4) is 5.75 Å². The molecule has 2 atom stereocenters. The molecule has 0 heterocycles. The number of hydrogen-bond acceptors (Lipinski definition) is 4. The van der Waals surface area contributed by atoms with Crippen LogP contribution >= 0.6 is 0 Å². The van der Waals surface area contributed by atoms with E-state index in [9.17, 15) is 10.1 Å². The van der Waals surface area contributed by atoms with Crippen LogP contribution in [0.5, 0.6) is 5.75 Å². The van der Waals surface area contributed by atoms with Crippen LogP contribution in [0.25, 0.3) is 0 Å². The molecule has 5 nitrogen and oxygen atoms in total. The molecule has 1 aliphatic carbocycles. The third-order valence-corrected chi connectivity index (χ3v) is 3.64. The zero-order chi connectivity index (χ0) is 14.5. The van der Waals surface area contributed by atoms with E-state index < -0.39 is 0 Å². The second-order valence-corrected chi connectivity index (χ2v) is 5.58. The Morgan fingerprint density at radius 3 is 2.80 bits per heavy atom. The number of nitrogens with one attached hydrogen (secondary N) is 1. The molecule has 2 rings (SSSR count). The third kappa shape index (κ3) is 3.85. The number of benzene rings is 1. The molecule has 0 saturated heterocycles. The Bertz CT molecular complexity index is 476. The largest absolute Gasteiger partial charge is 0.493 e. The number of ether oxygens (including phenoxy) is 1. The van der Waals surface area contributed by atoms with Crippen LogP contribution in [0.3, 0.4) is 0 Å². The maximum atomic E-state index is 11.0. The number of nitrogens with zero attached hydrogens (tertiary/aromatic N) is 1. The van der Waals surface area contributed by atoms with Gasteiger partial charge in [-0.25, -0.2) is 0 Å². The zero-order valence-corrected chi connectivity index (χ0v) is 12.1. The van der Waals surface area contributed by atoms with Crippen molar-refractivity contribution in [2.75, 3.05) is 11.9 Å². The fraction of sp³-hybridized carbons (Fsp3) is 0.600. The lowest BCUT2D eigenvalue weighted by Gasteiger charge is -2.15. The fourth-order valence-electron chi connectivity index (χ4n) is 2.65. The molecule has 1 N–H and O–H groups in total. The second-order valence-electron chi connectivity index (χ2n) is 5.58. The molecule has 0 aromatic heterocycles. The number of anilines is 1. The topological polar surface area (TPSA) is 64.4 Å². The quantitative estimate of drug-likeness (QED) is 0.631. The van der Waals surface area contributed by atoms with E-state index in [1.807, 2.05) is 13.0 Å². The van der Waals surface area contributed by atoms with Crippen LogP contribution < -0.4 is 10.1 Å². The molecule has 0 bridgehead atoms. The summed E-state index contributed by atoms with van der Waals surface area (Å²) in [6.45, 7) is 4.82. The number of hydrogen-bond donors (Lipinski definition) is 1. The van der Waals surface area contributed by atoms with Crippen LogP contribution in [0, 0.1) is 16.0 Å². The lowest BCUT2D eigenvalue weighted by atomic mass is 10.1. The summed E-state index contributed by atoms with van der Waals surface area (Å²) >= 11 is 0. The average Bonchev–Trinajstić information content (AvgIpc) is 2.81. The van der Waals surface area contributed by atoms with E-state index in [4.69, 9.17) is 4.74 Å². The summed E-state index contributed by atoms with van der Waals surface area (Å²) in [6, 6.07) is 5.33. The van der Waals surface area contributed by atoms with E-state index in [2.05, 4.69) is 12.2 Å². The molecule has 5 heteroatoms. The summed E-state index contributed by atoms with van der Waals surface area (Å²) in [6.07, 6.45) is 4.33. The highest BCUT2D eigenvalue weighted by molar-refractivity contribution is 5.56. The van der Waals surface area contributed by atoms with Crippen LogP contribution in [0.1, 0.15) is 39.5 Å². The second kappa shape index (κ2) is 6.59. The molecule has 1 aromatic rings. The van der Waals surface area contributed by atoms with Crippen LogP contribution in [0.2, 0.25) is 0 Å². The van der Waals surface area contributed by atoms with Crippen molar-refractivity contribution >= 4 is 11.4 Å². The Balaban J connectivity index is 2.13. The third-order valence-electron chi connectivity index (χ3n) is 3.64. The van der Waals surface area contributed by atoms with E-state index in [1.165, 1.54) is 12.5 Å². The zero-order valence-electron chi connectivity index (χ0n) is 12.1. The van der Waals surface area contributed by atoms with E-state index in [-0.39, 0.29) is 10.6 Å². The number of non-ortho nitro benzene ring substituents is 1. The molecular weight excluding hydrogens is 256 g/mol. The molecule has 0 spiro atoms. The highest BCUT2D eigenvalue weighted by Crippen LogP contribution is 2.31. The van der Waals surface area contributed by atoms with Gasteiger partial charge >= 0.3 is 0 Å². The summed E-state index contributed by atoms with van der Waals surface area (Å²) < 4.78 is 5.53. The van der Waals surface area contributed by atoms with Gasteiger partial charge in [0.25, 0.3) is 5.69 Å². The van der Waals surface area contributed by atoms with Crippen molar-refractivity contribution in [2.45, 2.75) is 45.6 Å². The lowest BCUT2D eigenvalue weighted by molar-refractivity contribution is -0.384. The van der Waals surface area contributed by atoms with Gasteiger partial charge in [-0.2, -0.15) is 0 Å².